The Labute approximate surface area is 197 Å². The van der Waals surface area contributed by atoms with E-state index in [2.05, 4.69) is 15.6 Å². The molecule has 3 rings (SSSR count). The number of anilines is 2. The molecule has 11 heteroatoms. The molecule has 0 unspecified atom stereocenters. The first-order chi connectivity index (χ1) is 14.8. The van der Waals surface area contributed by atoms with Crippen LogP contribution in [0.15, 0.2) is 41.1 Å². The summed E-state index contributed by atoms with van der Waals surface area (Å²) in [6.45, 7) is -0.131. The van der Waals surface area contributed by atoms with Crippen LogP contribution in [0.1, 0.15) is 10.6 Å². The number of rotatable bonds is 8. The number of amides is 3. The van der Waals surface area contributed by atoms with Crippen LogP contribution in [0.3, 0.4) is 0 Å². The molecule has 0 aliphatic heterocycles. The maximum absolute atomic E-state index is 12.4. The van der Waals surface area contributed by atoms with E-state index in [1.807, 2.05) is 17.5 Å². The van der Waals surface area contributed by atoms with Crippen LogP contribution >= 0.6 is 45.9 Å². The van der Waals surface area contributed by atoms with Gasteiger partial charge in [-0.05, 0) is 29.6 Å². The number of nitrogens with zero attached hydrogens (tertiary/aromatic N) is 2. The van der Waals surface area contributed by atoms with Crippen LogP contribution in [-0.2, 0) is 27.2 Å². The summed E-state index contributed by atoms with van der Waals surface area (Å²) >= 11 is 14.6. The molecule has 0 bridgehead atoms. The van der Waals surface area contributed by atoms with Gasteiger partial charge in [0.25, 0.3) is 0 Å². The van der Waals surface area contributed by atoms with Crippen molar-refractivity contribution in [1.29, 1.82) is 0 Å². The lowest BCUT2D eigenvalue weighted by atomic mass is 10.3. The van der Waals surface area contributed by atoms with Crippen LogP contribution in [0.25, 0.3) is 0 Å². The fourth-order valence-electron chi connectivity index (χ4n) is 2.55. The Kier molecular flexibility index (Phi) is 8.03. The number of hydrogen-bond acceptors (Lipinski definition) is 6. The van der Waals surface area contributed by atoms with Crippen molar-refractivity contribution in [3.8, 4) is 0 Å². The molecule has 0 saturated heterocycles. The minimum absolute atomic E-state index is 0.0217. The van der Waals surface area contributed by atoms with E-state index < -0.39 is 0 Å². The molecule has 2 N–H and O–H groups in total. The van der Waals surface area contributed by atoms with Gasteiger partial charge in [0.1, 0.15) is 0 Å². The van der Waals surface area contributed by atoms with Gasteiger partial charge in [0, 0.05) is 23.0 Å². The molecule has 3 amide bonds. The van der Waals surface area contributed by atoms with Crippen LogP contribution in [0.4, 0.5) is 10.8 Å². The summed E-state index contributed by atoms with van der Waals surface area (Å²) < 4.78 is 0. The summed E-state index contributed by atoms with van der Waals surface area (Å²) in [5.74, 6) is -0.800. The standard InChI is InChI=1S/C20H18Cl2N4O3S2/c1-26(10-18(28)23-12-4-5-15(21)16(22)7-12)19(29)8-13-11-31-20(24-13)25-17(27)9-14-3-2-6-30-14/h2-7,11H,8-10H2,1H3,(H,23,28)(H,24,25,27). The third-order valence-electron chi connectivity index (χ3n) is 4.06. The van der Waals surface area contributed by atoms with Gasteiger partial charge in [-0.2, -0.15) is 0 Å². The molecule has 2 aromatic heterocycles. The number of carbonyl (C=O) groups excluding carboxylic acids is 3. The molecule has 0 saturated carbocycles. The van der Waals surface area contributed by atoms with Gasteiger partial charge in [0.2, 0.25) is 17.7 Å². The highest BCUT2D eigenvalue weighted by atomic mass is 35.5. The van der Waals surface area contributed by atoms with E-state index in [1.54, 1.807) is 17.5 Å². The second-order valence-corrected chi connectivity index (χ2v) is 9.26. The van der Waals surface area contributed by atoms with Gasteiger partial charge in [0.15, 0.2) is 5.13 Å². The minimum Gasteiger partial charge on any atom is -0.336 e. The lowest BCUT2D eigenvalue weighted by Crippen LogP contribution is -2.35. The molecule has 0 fully saturated rings. The Morgan fingerprint density at radius 1 is 1.03 bits per heavy atom. The summed E-state index contributed by atoms with van der Waals surface area (Å²) in [7, 11) is 1.53. The van der Waals surface area contributed by atoms with E-state index in [9.17, 15) is 14.4 Å². The molecule has 1 aromatic carbocycles. The predicted molar refractivity (Wildman–Crippen MR) is 125 cm³/mol. The highest BCUT2D eigenvalue weighted by Crippen LogP contribution is 2.25. The predicted octanol–water partition coefficient (Wildman–Crippen LogP) is 4.33. The van der Waals surface area contributed by atoms with E-state index in [1.165, 1.54) is 40.7 Å². The van der Waals surface area contributed by atoms with Gasteiger partial charge >= 0.3 is 0 Å². The molecule has 162 valence electrons. The van der Waals surface area contributed by atoms with E-state index >= 15 is 0 Å². The van der Waals surface area contributed by atoms with Crippen molar-refractivity contribution in [3.05, 3.63) is 61.7 Å². The summed E-state index contributed by atoms with van der Waals surface area (Å²) in [5.41, 5.74) is 1.01. The van der Waals surface area contributed by atoms with Crippen molar-refractivity contribution in [2.24, 2.45) is 0 Å². The van der Waals surface area contributed by atoms with Crippen LogP contribution < -0.4 is 10.6 Å². The minimum atomic E-state index is -0.367. The third-order valence-corrected chi connectivity index (χ3v) is 6.48. The highest BCUT2D eigenvalue weighted by molar-refractivity contribution is 7.14. The van der Waals surface area contributed by atoms with Gasteiger partial charge < -0.3 is 15.5 Å². The van der Waals surface area contributed by atoms with Gasteiger partial charge in [-0.25, -0.2) is 4.98 Å². The van der Waals surface area contributed by atoms with E-state index in [-0.39, 0.29) is 37.1 Å². The fourth-order valence-corrected chi connectivity index (χ4v) is 4.28. The number of hydrogen-bond donors (Lipinski definition) is 2. The van der Waals surface area contributed by atoms with Crippen LogP contribution in [-0.4, -0.2) is 41.2 Å². The van der Waals surface area contributed by atoms with Gasteiger partial charge in [-0.15, -0.1) is 22.7 Å². The van der Waals surface area contributed by atoms with Crippen molar-refractivity contribution in [1.82, 2.24) is 9.88 Å². The van der Waals surface area contributed by atoms with Crippen molar-refractivity contribution >= 4 is 74.4 Å². The zero-order valence-corrected chi connectivity index (χ0v) is 19.5. The third kappa shape index (κ3) is 7.03. The molecule has 7 nitrogen and oxygen atoms in total. The number of thiazole rings is 1. The maximum Gasteiger partial charge on any atom is 0.243 e. The maximum atomic E-state index is 12.4. The molecule has 0 radical (unpaired) electrons. The number of likely N-dealkylation sites (N-methyl/N-ethyl adjacent to an activating group) is 1. The quantitative estimate of drug-likeness (QED) is 0.485. The van der Waals surface area contributed by atoms with E-state index in [0.717, 1.165) is 4.88 Å². The number of benzene rings is 1. The van der Waals surface area contributed by atoms with Gasteiger partial charge in [-0.3, -0.25) is 14.4 Å². The number of carbonyl (C=O) groups is 3. The number of halogens is 2. The second-order valence-electron chi connectivity index (χ2n) is 6.55. The average molecular weight is 497 g/mol. The summed E-state index contributed by atoms with van der Waals surface area (Å²) in [6, 6.07) is 8.52. The largest absolute Gasteiger partial charge is 0.336 e. The monoisotopic (exact) mass is 496 g/mol. The molecule has 2 heterocycles. The Morgan fingerprint density at radius 3 is 2.55 bits per heavy atom. The highest BCUT2D eigenvalue weighted by Gasteiger charge is 2.16. The fraction of sp³-hybridized carbons (Fsp3) is 0.200. The first kappa shape index (κ1) is 23.2. The second kappa shape index (κ2) is 10.7. The van der Waals surface area contributed by atoms with Crippen molar-refractivity contribution in [2.75, 3.05) is 24.2 Å². The van der Waals surface area contributed by atoms with Crippen molar-refractivity contribution in [3.63, 3.8) is 0 Å². The molecule has 0 atom stereocenters. The van der Waals surface area contributed by atoms with Crippen LogP contribution in [0.2, 0.25) is 10.0 Å². The molecule has 0 aliphatic carbocycles. The molecular formula is C20H18Cl2N4O3S2. The smallest absolute Gasteiger partial charge is 0.243 e. The zero-order chi connectivity index (χ0) is 22.4. The molecule has 0 spiro atoms. The summed E-state index contributed by atoms with van der Waals surface area (Å²) in [5, 5.41) is 10.2. The number of nitrogens with one attached hydrogen (secondary N) is 2. The first-order valence-corrected chi connectivity index (χ1v) is 11.6. The Balaban J connectivity index is 1.47. The molecule has 3 aromatic rings. The molecule has 31 heavy (non-hydrogen) atoms. The number of thiophene rings is 1. The lowest BCUT2D eigenvalue weighted by Gasteiger charge is -2.16. The van der Waals surface area contributed by atoms with Gasteiger partial charge in [0.05, 0.1) is 35.1 Å². The van der Waals surface area contributed by atoms with Crippen LogP contribution in [0.5, 0.6) is 0 Å². The van der Waals surface area contributed by atoms with E-state index in [4.69, 9.17) is 23.2 Å². The normalized spacial score (nSPS) is 10.5. The Morgan fingerprint density at radius 2 is 1.84 bits per heavy atom. The zero-order valence-electron chi connectivity index (χ0n) is 16.4. The number of aromatic nitrogens is 1. The lowest BCUT2D eigenvalue weighted by molar-refractivity contribution is -0.132. The van der Waals surface area contributed by atoms with Crippen molar-refractivity contribution in [2.45, 2.75) is 12.8 Å². The van der Waals surface area contributed by atoms with Crippen molar-refractivity contribution < 1.29 is 14.4 Å². The average Bonchev–Trinajstić information content (AvgIpc) is 3.36. The topological polar surface area (TPSA) is 91.4 Å². The molecular weight excluding hydrogens is 479 g/mol. The summed E-state index contributed by atoms with van der Waals surface area (Å²) in [6.07, 6.45) is 0.302. The summed E-state index contributed by atoms with van der Waals surface area (Å²) in [4.78, 5) is 43.2. The Bertz CT molecular complexity index is 1090. The molecule has 0 aliphatic rings. The van der Waals surface area contributed by atoms with Crippen LogP contribution in [0, 0.1) is 0 Å². The SMILES string of the molecule is CN(CC(=O)Nc1ccc(Cl)c(Cl)c1)C(=O)Cc1csc(NC(=O)Cc2cccs2)n1. The van der Waals surface area contributed by atoms with E-state index in [0.29, 0.717) is 26.6 Å². The first-order valence-electron chi connectivity index (χ1n) is 9.05. The van der Waals surface area contributed by atoms with Gasteiger partial charge in [-0.1, -0.05) is 29.3 Å². The Hall–Kier alpha value is -2.46.